The van der Waals surface area contributed by atoms with Gasteiger partial charge in [0, 0.05) is 43.5 Å². The number of nitrogens with zero attached hydrogens (tertiary/aromatic N) is 3. The van der Waals surface area contributed by atoms with Gasteiger partial charge in [-0.1, -0.05) is 0 Å². The first-order valence-corrected chi connectivity index (χ1v) is 12.7. The lowest BCUT2D eigenvalue weighted by molar-refractivity contribution is -0.00995. The number of imidazole rings is 1. The Morgan fingerprint density at radius 3 is 2.63 bits per heavy atom. The quantitative estimate of drug-likeness (QED) is 0.611. The molecule has 1 atom stereocenters. The van der Waals surface area contributed by atoms with E-state index in [1.807, 2.05) is 25.7 Å². The number of piperidine rings is 2. The summed E-state index contributed by atoms with van der Waals surface area (Å²) < 4.78 is 28.8. The van der Waals surface area contributed by atoms with E-state index in [1.165, 1.54) is 12.1 Å². The molecule has 3 aliphatic heterocycles. The first-order valence-electron chi connectivity index (χ1n) is 12.7. The predicted molar refractivity (Wildman–Crippen MR) is 132 cm³/mol. The fourth-order valence-corrected chi connectivity index (χ4v) is 6.07. The molecule has 0 saturated carbocycles. The van der Waals surface area contributed by atoms with E-state index in [9.17, 15) is 9.18 Å². The summed E-state index contributed by atoms with van der Waals surface area (Å²) in [5, 5.41) is 3.43. The number of amides is 1. The highest BCUT2D eigenvalue weighted by Crippen LogP contribution is 2.50. The van der Waals surface area contributed by atoms with Gasteiger partial charge >= 0.3 is 6.09 Å². The first kappa shape index (κ1) is 24.1. The Morgan fingerprint density at radius 1 is 1.26 bits per heavy atom. The topological polar surface area (TPSA) is 68.6 Å². The monoisotopic (exact) mass is 484 g/mol. The number of carbonyl (C=O) groups is 1. The molecule has 35 heavy (non-hydrogen) atoms. The molecule has 1 aromatic heterocycles. The minimum Gasteiger partial charge on any atom is -0.480 e. The van der Waals surface area contributed by atoms with E-state index in [1.54, 1.807) is 6.07 Å². The zero-order valence-electron chi connectivity index (χ0n) is 21.7. The second-order valence-corrected chi connectivity index (χ2v) is 11.8. The smallest absolute Gasteiger partial charge is 0.410 e. The lowest BCUT2D eigenvalue weighted by Gasteiger charge is -2.45. The molecule has 5 rings (SSSR count). The minimum atomic E-state index is -0.533. The van der Waals surface area contributed by atoms with E-state index < -0.39 is 11.2 Å². The largest absolute Gasteiger partial charge is 0.480 e. The average Bonchev–Trinajstić information content (AvgIpc) is 3.11. The lowest BCUT2D eigenvalue weighted by atomic mass is 9.82. The van der Waals surface area contributed by atoms with Crippen molar-refractivity contribution in [2.24, 2.45) is 7.05 Å². The van der Waals surface area contributed by atoms with E-state index in [2.05, 4.69) is 30.8 Å². The van der Waals surface area contributed by atoms with E-state index in [0.717, 1.165) is 61.5 Å². The molecule has 2 fully saturated rings. The zero-order valence-corrected chi connectivity index (χ0v) is 21.7. The summed E-state index contributed by atoms with van der Waals surface area (Å²) in [7, 11) is 2.06. The van der Waals surface area contributed by atoms with Crippen LogP contribution in [0.1, 0.15) is 77.7 Å². The molecule has 1 unspecified atom stereocenters. The Labute approximate surface area is 207 Å². The van der Waals surface area contributed by atoms with Crippen molar-refractivity contribution in [3.8, 4) is 17.0 Å². The van der Waals surface area contributed by atoms with Gasteiger partial charge < -0.3 is 24.3 Å². The Kier molecular flexibility index (Phi) is 5.66. The number of hydrogen-bond acceptors (Lipinski definition) is 5. The third-order valence-corrected chi connectivity index (χ3v) is 7.63. The fraction of sp³-hybridized carbons (Fsp3) is 0.630. The van der Waals surface area contributed by atoms with E-state index in [0.29, 0.717) is 12.3 Å². The molecule has 0 bridgehead atoms. The molecule has 4 heterocycles. The maximum Gasteiger partial charge on any atom is 0.410 e. The lowest BCUT2D eigenvalue weighted by Crippen LogP contribution is -2.53. The second kappa shape index (κ2) is 8.22. The minimum absolute atomic E-state index is 0.162. The third-order valence-electron chi connectivity index (χ3n) is 7.63. The summed E-state index contributed by atoms with van der Waals surface area (Å²) in [5.41, 5.74) is 1.20. The van der Waals surface area contributed by atoms with Crippen molar-refractivity contribution in [3.63, 3.8) is 0 Å². The molecule has 190 valence electrons. The van der Waals surface area contributed by atoms with Crippen molar-refractivity contribution in [2.45, 2.75) is 83.0 Å². The van der Waals surface area contributed by atoms with Crippen LogP contribution >= 0.6 is 0 Å². The van der Waals surface area contributed by atoms with Gasteiger partial charge in [-0.3, -0.25) is 0 Å². The van der Waals surface area contributed by atoms with Crippen molar-refractivity contribution >= 4 is 6.09 Å². The standard InChI is InChI=1S/C27H37FN4O3/c1-25(2,3)35-24(33)32-14-9-17(16-26(32,4)5)23-30-21-19-15-18(28)7-8-20(19)34-27(22(21)31(23)6)10-12-29-13-11-27/h7-8,15,17,29H,9-14,16H2,1-6H3. The number of aromatic nitrogens is 2. The van der Waals surface area contributed by atoms with Gasteiger partial charge in [0.25, 0.3) is 0 Å². The summed E-state index contributed by atoms with van der Waals surface area (Å²) in [5.74, 6) is 1.55. The van der Waals surface area contributed by atoms with Gasteiger partial charge in [0.15, 0.2) is 5.60 Å². The van der Waals surface area contributed by atoms with Crippen molar-refractivity contribution < 1.29 is 18.7 Å². The molecule has 0 radical (unpaired) electrons. The van der Waals surface area contributed by atoms with Crippen molar-refractivity contribution in [3.05, 3.63) is 35.5 Å². The number of nitrogens with one attached hydrogen (secondary N) is 1. The Balaban J connectivity index is 1.51. The van der Waals surface area contributed by atoms with Crippen LogP contribution in [0.2, 0.25) is 0 Å². The Bertz CT molecular complexity index is 1140. The molecule has 1 aromatic carbocycles. The molecule has 1 spiro atoms. The highest BCUT2D eigenvalue weighted by Gasteiger charge is 2.47. The number of carbonyl (C=O) groups excluding carboxylic acids is 1. The first-order chi connectivity index (χ1) is 16.4. The van der Waals surface area contributed by atoms with E-state index >= 15 is 0 Å². The van der Waals surface area contributed by atoms with Crippen molar-refractivity contribution in [1.82, 2.24) is 19.8 Å². The van der Waals surface area contributed by atoms with Crippen LogP contribution in [-0.4, -0.2) is 51.3 Å². The van der Waals surface area contributed by atoms with Gasteiger partial charge in [-0.15, -0.1) is 0 Å². The van der Waals surface area contributed by atoms with Gasteiger partial charge in [-0.25, -0.2) is 14.2 Å². The molecule has 3 aliphatic rings. The highest BCUT2D eigenvalue weighted by atomic mass is 19.1. The van der Waals surface area contributed by atoms with Crippen LogP contribution in [0.5, 0.6) is 5.75 Å². The number of halogens is 1. The number of hydrogen-bond donors (Lipinski definition) is 1. The SMILES string of the molecule is Cn1c(C2CCN(C(=O)OC(C)(C)C)C(C)(C)C2)nc2c1C1(CCNCC1)Oc1ccc(F)cc1-2. The van der Waals surface area contributed by atoms with Gasteiger partial charge in [-0.2, -0.15) is 0 Å². The molecule has 2 aromatic rings. The zero-order chi connectivity index (χ0) is 25.2. The molecule has 1 amide bonds. The molecular formula is C27H37FN4O3. The normalized spacial score (nSPS) is 22.8. The van der Waals surface area contributed by atoms with E-state index in [-0.39, 0.29) is 23.4 Å². The number of likely N-dealkylation sites (tertiary alicyclic amines) is 1. The predicted octanol–water partition coefficient (Wildman–Crippen LogP) is 5.09. The van der Waals surface area contributed by atoms with Crippen LogP contribution in [0.4, 0.5) is 9.18 Å². The number of benzene rings is 1. The van der Waals surface area contributed by atoms with Crippen LogP contribution in [0.15, 0.2) is 18.2 Å². The third kappa shape index (κ3) is 4.20. The number of rotatable bonds is 1. The van der Waals surface area contributed by atoms with Gasteiger partial charge in [0.1, 0.15) is 23.0 Å². The maximum atomic E-state index is 14.3. The average molecular weight is 485 g/mol. The van der Waals surface area contributed by atoms with Gasteiger partial charge in [-0.05, 0) is 78.7 Å². The molecule has 1 N–H and O–H groups in total. The number of ether oxygens (including phenoxy) is 2. The molecule has 8 heteroatoms. The van der Waals surface area contributed by atoms with Crippen molar-refractivity contribution in [1.29, 1.82) is 0 Å². The molecule has 2 saturated heterocycles. The highest BCUT2D eigenvalue weighted by molar-refractivity contribution is 5.73. The van der Waals surface area contributed by atoms with Crippen LogP contribution in [0.25, 0.3) is 11.3 Å². The Hall–Kier alpha value is -2.61. The summed E-state index contributed by atoms with van der Waals surface area (Å²) in [6, 6.07) is 4.72. The summed E-state index contributed by atoms with van der Waals surface area (Å²) in [6.07, 6.45) is 2.95. The Morgan fingerprint density at radius 2 is 1.97 bits per heavy atom. The van der Waals surface area contributed by atoms with Crippen LogP contribution in [-0.2, 0) is 17.4 Å². The summed E-state index contributed by atoms with van der Waals surface area (Å²) in [6.45, 7) is 12.2. The van der Waals surface area contributed by atoms with Gasteiger partial charge in [0.05, 0.1) is 11.4 Å². The van der Waals surface area contributed by atoms with Crippen molar-refractivity contribution in [2.75, 3.05) is 19.6 Å². The summed E-state index contributed by atoms with van der Waals surface area (Å²) >= 11 is 0. The van der Waals surface area contributed by atoms with Crippen LogP contribution in [0.3, 0.4) is 0 Å². The fourth-order valence-electron chi connectivity index (χ4n) is 6.07. The van der Waals surface area contributed by atoms with Crippen LogP contribution in [0, 0.1) is 5.82 Å². The van der Waals surface area contributed by atoms with Crippen LogP contribution < -0.4 is 10.1 Å². The maximum absolute atomic E-state index is 14.3. The van der Waals surface area contributed by atoms with Gasteiger partial charge in [0.2, 0.25) is 0 Å². The second-order valence-electron chi connectivity index (χ2n) is 11.8. The number of fused-ring (bicyclic) bond motifs is 4. The van der Waals surface area contributed by atoms with E-state index in [4.69, 9.17) is 14.5 Å². The molecule has 0 aliphatic carbocycles. The summed E-state index contributed by atoms with van der Waals surface area (Å²) in [4.78, 5) is 19.9. The molecular weight excluding hydrogens is 447 g/mol. The molecule has 7 nitrogen and oxygen atoms in total.